The molecule has 1 aliphatic heterocycles. The summed E-state index contributed by atoms with van der Waals surface area (Å²) >= 11 is 0. The molecule has 2 aromatic heterocycles. The van der Waals surface area contributed by atoms with E-state index in [4.69, 9.17) is 0 Å². The molecular weight excluding hydrogens is 302 g/mol. The van der Waals surface area contributed by atoms with Crippen LogP contribution in [-0.2, 0) is 0 Å². The molecule has 1 fully saturated rings. The van der Waals surface area contributed by atoms with Gasteiger partial charge in [0.15, 0.2) is 5.65 Å². The third kappa shape index (κ3) is 2.90. The molecule has 0 saturated carbocycles. The molecule has 0 bridgehead atoms. The van der Waals surface area contributed by atoms with Crippen molar-refractivity contribution in [2.75, 3.05) is 43.4 Å². The average molecular weight is 323 g/mol. The molecule has 1 aliphatic rings. The Bertz CT molecular complexity index is 849. The Kier molecular flexibility index (Phi) is 3.78. The SMILES string of the molecule is Cc1cc(Nc2ncc3cn[nH]c3n2)ccc1N1CCN(C)CC1. The summed E-state index contributed by atoms with van der Waals surface area (Å²) in [4.78, 5) is 13.6. The van der Waals surface area contributed by atoms with E-state index in [1.807, 2.05) is 0 Å². The maximum atomic E-state index is 4.42. The molecule has 4 rings (SSSR count). The number of likely N-dealkylation sites (N-methyl/N-ethyl adjacent to an activating group) is 1. The third-order valence-corrected chi connectivity index (χ3v) is 4.49. The van der Waals surface area contributed by atoms with Gasteiger partial charge in [-0.3, -0.25) is 5.10 Å². The highest BCUT2D eigenvalue weighted by Crippen LogP contribution is 2.26. The molecule has 2 N–H and O–H groups in total. The Labute approximate surface area is 140 Å². The largest absolute Gasteiger partial charge is 0.369 e. The van der Waals surface area contributed by atoms with Gasteiger partial charge >= 0.3 is 0 Å². The molecule has 0 radical (unpaired) electrons. The minimum absolute atomic E-state index is 0.568. The third-order valence-electron chi connectivity index (χ3n) is 4.49. The Morgan fingerprint density at radius 2 is 1.96 bits per heavy atom. The van der Waals surface area contributed by atoms with E-state index in [-0.39, 0.29) is 0 Å². The van der Waals surface area contributed by atoms with Crippen molar-refractivity contribution < 1.29 is 0 Å². The fraction of sp³-hybridized carbons (Fsp3) is 0.353. The number of rotatable bonds is 3. The highest BCUT2D eigenvalue weighted by atomic mass is 15.2. The lowest BCUT2D eigenvalue weighted by Gasteiger charge is -2.35. The van der Waals surface area contributed by atoms with Gasteiger partial charge in [-0.2, -0.15) is 10.1 Å². The van der Waals surface area contributed by atoms with Crippen molar-refractivity contribution in [3.63, 3.8) is 0 Å². The van der Waals surface area contributed by atoms with Gasteiger partial charge in [-0.1, -0.05) is 0 Å². The summed E-state index contributed by atoms with van der Waals surface area (Å²) in [6.45, 7) is 6.51. The Balaban J connectivity index is 1.53. The van der Waals surface area contributed by atoms with Crippen LogP contribution in [0, 0.1) is 6.92 Å². The monoisotopic (exact) mass is 323 g/mol. The van der Waals surface area contributed by atoms with Crippen LogP contribution in [-0.4, -0.2) is 58.3 Å². The summed E-state index contributed by atoms with van der Waals surface area (Å²) in [7, 11) is 2.17. The first-order valence-corrected chi connectivity index (χ1v) is 8.16. The fourth-order valence-corrected chi connectivity index (χ4v) is 3.06. The van der Waals surface area contributed by atoms with E-state index in [1.165, 1.54) is 11.3 Å². The second kappa shape index (κ2) is 6.09. The molecule has 3 heterocycles. The van der Waals surface area contributed by atoms with E-state index in [2.05, 4.69) is 67.5 Å². The summed E-state index contributed by atoms with van der Waals surface area (Å²) in [5.41, 5.74) is 4.29. The summed E-state index contributed by atoms with van der Waals surface area (Å²) < 4.78 is 0. The number of nitrogens with one attached hydrogen (secondary N) is 2. The van der Waals surface area contributed by atoms with Crippen molar-refractivity contribution in [1.29, 1.82) is 0 Å². The van der Waals surface area contributed by atoms with Gasteiger partial charge < -0.3 is 15.1 Å². The van der Waals surface area contributed by atoms with Crippen molar-refractivity contribution in [3.8, 4) is 0 Å². The zero-order valence-corrected chi connectivity index (χ0v) is 14.0. The van der Waals surface area contributed by atoms with Crippen LogP contribution in [0.15, 0.2) is 30.6 Å². The Morgan fingerprint density at radius 3 is 2.75 bits per heavy atom. The number of benzene rings is 1. The van der Waals surface area contributed by atoms with Gasteiger partial charge in [-0.05, 0) is 37.7 Å². The summed E-state index contributed by atoms with van der Waals surface area (Å²) in [5, 5.41) is 11.0. The molecule has 24 heavy (non-hydrogen) atoms. The van der Waals surface area contributed by atoms with Crippen molar-refractivity contribution in [1.82, 2.24) is 25.1 Å². The number of nitrogens with zero attached hydrogens (tertiary/aromatic N) is 5. The number of anilines is 3. The standard InChI is InChI=1S/C17H21N7/c1-12-9-14(3-4-15(12)24-7-5-23(2)6-8-24)20-17-18-10-13-11-19-22-16(13)21-17/h3-4,9-11H,5-8H2,1-2H3,(H2,18,19,20,21,22). The van der Waals surface area contributed by atoms with E-state index in [1.54, 1.807) is 12.4 Å². The predicted molar refractivity (Wildman–Crippen MR) is 95.9 cm³/mol. The number of aromatic amines is 1. The quantitative estimate of drug-likeness (QED) is 0.769. The highest BCUT2D eigenvalue weighted by Gasteiger charge is 2.16. The molecule has 0 atom stereocenters. The predicted octanol–water partition coefficient (Wildman–Crippen LogP) is 2.16. The van der Waals surface area contributed by atoms with Gasteiger partial charge in [0.2, 0.25) is 5.95 Å². The van der Waals surface area contributed by atoms with Gasteiger partial charge in [-0.25, -0.2) is 4.98 Å². The van der Waals surface area contributed by atoms with E-state index in [0.717, 1.165) is 42.9 Å². The molecule has 0 unspecified atom stereocenters. The molecule has 1 saturated heterocycles. The Morgan fingerprint density at radius 1 is 1.12 bits per heavy atom. The number of hydrogen-bond acceptors (Lipinski definition) is 6. The van der Waals surface area contributed by atoms with Gasteiger partial charge in [0, 0.05) is 43.8 Å². The van der Waals surface area contributed by atoms with E-state index >= 15 is 0 Å². The van der Waals surface area contributed by atoms with Crippen molar-refractivity contribution in [2.45, 2.75) is 6.92 Å². The van der Waals surface area contributed by atoms with Crippen LogP contribution in [0.4, 0.5) is 17.3 Å². The van der Waals surface area contributed by atoms with Crippen molar-refractivity contribution in [3.05, 3.63) is 36.2 Å². The van der Waals surface area contributed by atoms with E-state index in [9.17, 15) is 0 Å². The van der Waals surface area contributed by atoms with E-state index < -0.39 is 0 Å². The van der Waals surface area contributed by atoms with Gasteiger partial charge in [-0.15, -0.1) is 0 Å². The van der Waals surface area contributed by atoms with Crippen molar-refractivity contribution >= 4 is 28.4 Å². The number of hydrogen-bond donors (Lipinski definition) is 2. The van der Waals surface area contributed by atoms with Crippen LogP contribution in [0.5, 0.6) is 0 Å². The maximum absolute atomic E-state index is 4.42. The lowest BCUT2D eigenvalue weighted by Crippen LogP contribution is -2.44. The van der Waals surface area contributed by atoms with Crippen LogP contribution in [0.3, 0.4) is 0 Å². The first-order valence-electron chi connectivity index (χ1n) is 8.16. The lowest BCUT2D eigenvalue weighted by molar-refractivity contribution is 0.312. The first-order chi connectivity index (χ1) is 11.7. The summed E-state index contributed by atoms with van der Waals surface area (Å²) in [6, 6.07) is 6.41. The number of aryl methyl sites for hydroxylation is 1. The molecule has 1 aromatic carbocycles. The van der Waals surface area contributed by atoms with Gasteiger partial charge in [0.05, 0.1) is 11.6 Å². The molecule has 7 heteroatoms. The topological polar surface area (TPSA) is 73.0 Å². The second-order valence-corrected chi connectivity index (χ2v) is 6.28. The minimum atomic E-state index is 0.568. The molecule has 124 valence electrons. The lowest BCUT2D eigenvalue weighted by atomic mass is 10.1. The number of H-pyrrole nitrogens is 1. The van der Waals surface area contributed by atoms with Crippen LogP contribution < -0.4 is 10.2 Å². The molecule has 3 aromatic rings. The van der Waals surface area contributed by atoms with Crippen LogP contribution in [0.1, 0.15) is 5.56 Å². The van der Waals surface area contributed by atoms with Gasteiger partial charge in [0.25, 0.3) is 0 Å². The van der Waals surface area contributed by atoms with E-state index in [0.29, 0.717) is 5.95 Å². The Hall–Kier alpha value is -2.67. The fourth-order valence-electron chi connectivity index (χ4n) is 3.06. The normalized spacial score (nSPS) is 15.8. The highest BCUT2D eigenvalue weighted by molar-refractivity contribution is 5.74. The number of aromatic nitrogens is 4. The molecule has 0 amide bonds. The minimum Gasteiger partial charge on any atom is -0.369 e. The smallest absolute Gasteiger partial charge is 0.229 e. The summed E-state index contributed by atoms with van der Waals surface area (Å²) in [6.07, 6.45) is 3.48. The summed E-state index contributed by atoms with van der Waals surface area (Å²) in [5.74, 6) is 0.568. The van der Waals surface area contributed by atoms with Gasteiger partial charge in [0.1, 0.15) is 0 Å². The zero-order valence-electron chi connectivity index (χ0n) is 14.0. The second-order valence-electron chi connectivity index (χ2n) is 6.28. The van der Waals surface area contributed by atoms with Crippen LogP contribution >= 0.6 is 0 Å². The number of fused-ring (bicyclic) bond motifs is 1. The number of piperazine rings is 1. The van der Waals surface area contributed by atoms with Crippen molar-refractivity contribution in [2.24, 2.45) is 0 Å². The molecule has 0 aliphatic carbocycles. The first kappa shape index (κ1) is 14.9. The maximum Gasteiger partial charge on any atom is 0.229 e. The molecular formula is C17H21N7. The average Bonchev–Trinajstić information content (AvgIpc) is 3.04. The molecule has 7 nitrogen and oxygen atoms in total. The zero-order chi connectivity index (χ0) is 16.5. The van der Waals surface area contributed by atoms with Crippen LogP contribution in [0.2, 0.25) is 0 Å². The molecule has 0 spiro atoms. The van der Waals surface area contributed by atoms with Crippen LogP contribution in [0.25, 0.3) is 11.0 Å².